The Labute approximate surface area is 363 Å². The molecule has 10 atom stereocenters. The number of rotatable bonds is 16. The van der Waals surface area contributed by atoms with E-state index in [-0.39, 0.29) is 30.8 Å². The van der Waals surface area contributed by atoms with Gasteiger partial charge in [0.2, 0.25) is 18.3 Å². The van der Waals surface area contributed by atoms with Gasteiger partial charge < -0.3 is 52.1 Å². The molecule has 3 aliphatic heterocycles. The van der Waals surface area contributed by atoms with Gasteiger partial charge in [0.05, 0.1) is 17.7 Å². The van der Waals surface area contributed by atoms with Crippen molar-refractivity contribution >= 4 is 88.3 Å². The molecule has 0 saturated carbocycles. The van der Waals surface area contributed by atoms with E-state index in [9.17, 15) is 38.4 Å². The maximum Gasteiger partial charge on any atom is 0.303 e. The van der Waals surface area contributed by atoms with Gasteiger partial charge in [0, 0.05) is 48.1 Å². The molecule has 2 fully saturated rings. The topological polar surface area (TPSA) is 265 Å². The number of esters is 6. The average molecular weight is 926 g/mol. The lowest BCUT2D eigenvalue weighted by atomic mass is 9.94. The zero-order chi connectivity index (χ0) is 45.3. The number of hydrogen-bond acceptors (Lipinski definition) is 20. The van der Waals surface area contributed by atoms with Crippen molar-refractivity contribution in [1.29, 1.82) is 5.41 Å². The third-order valence-electron chi connectivity index (χ3n) is 8.81. The first-order valence-corrected chi connectivity index (χ1v) is 19.5. The summed E-state index contributed by atoms with van der Waals surface area (Å²) in [5.41, 5.74) is 0.0490. The van der Waals surface area contributed by atoms with Gasteiger partial charge in [0.15, 0.2) is 24.6 Å². The minimum Gasteiger partial charge on any atom is -0.463 e. The van der Waals surface area contributed by atoms with E-state index in [1.165, 1.54) is 24.3 Å². The predicted molar refractivity (Wildman–Crippen MR) is 203 cm³/mol. The molecule has 1 aromatic rings. The largest absolute Gasteiger partial charge is 0.463 e. The van der Waals surface area contributed by atoms with E-state index in [0.717, 1.165) is 46.4 Å². The van der Waals surface area contributed by atoms with Gasteiger partial charge in [-0.2, -0.15) is 0 Å². The minimum absolute atomic E-state index is 0.0245. The van der Waals surface area contributed by atoms with Crippen molar-refractivity contribution in [3.8, 4) is 0 Å². The van der Waals surface area contributed by atoms with Gasteiger partial charge in [-0.3, -0.25) is 48.7 Å². The van der Waals surface area contributed by atoms with E-state index < -0.39 is 132 Å². The summed E-state index contributed by atoms with van der Waals surface area (Å²) in [6.45, 7) is 4.73. The number of fused-ring (bicyclic) bond motifs is 1. The summed E-state index contributed by atoms with van der Waals surface area (Å²) in [5.74, 6) is -7.59. The SMILES string of the molecule is CC(=O)OC[C@H]1O[C@@H](OCCCO[C@H]2[C@H](OC(C)=O)[C@@H](OC(C)=O)C(OC(=N)C(Cl)(Cl)Cl)O[C@@H]2COC(C)=O)[C@H](N2C(=O)c3ccccc3C2=O)[C@@H](OC(C)=O)[C@@H]1OC(C)=O. The number of hydrogen-bond donors (Lipinski definition) is 1. The predicted octanol–water partition coefficient (Wildman–Crippen LogP) is 2.11. The molecule has 2 saturated heterocycles. The van der Waals surface area contributed by atoms with E-state index in [1.807, 2.05) is 0 Å². The standard InChI is InChI=1S/C37H43Cl3N2O19/c1-16(43)53-14-24-27(30(57-20(5)47)31(58-21(6)48)35(60-24)61-36(41)37(38,39)40)51-12-9-13-52-34-26(42-32(49)22-10-7-8-11-23(22)33(42)50)29(56-19(4)46)28(55-18(3)45)25(59-34)15-54-17(2)44/h7-8,10-11,24-31,34-35,41H,9,12-15H2,1-6H3/t24-,25-,26-,27-,28-,29-,30+,31-,34-,35?/m1/s1. The van der Waals surface area contributed by atoms with Crippen LogP contribution < -0.4 is 0 Å². The monoisotopic (exact) mass is 924 g/mol. The molecule has 24 heteroatoms. The van der Waals surface area contributed by atoms with Crippen LogP contribution in [-0.2, 0) is 80.9 Å². The molecule has 61 heavy (non-hydrogen) atoms. The Morgan fingerprint density at radius 3 is 1.54 bits per heavy atom. The highest BCUT2D eigenvalue weighted by atomic mass is 35.6. The highest BCUT2D eigenvalue weighted by molar-refractivity contribution is 6.76. The number of ether oxygens (including phenoxy) is 11. The summed E-state index contributed by atoms with van der Waals surface area (Å²) >= 11 is 17.4. The number of halogens is 3. The summed E-state index contributed by atoms with van der Waals surface area (Å²) < 4.78 is 59.5. The van der Waals surface area contributed by atoms with E-state index in [1.54, 1.807) is 0 Å². The first-order valence-electron chi connectivity index (χ1n) is 18.4. The second-order valence-corrected chi connectivity index (χ2v) is 15.8. The Kier molecular flexibility index (Phi) is 17.2. The van der Waals surface area contributed by atoms with E-state index in [0.29, 0.717) is 0 Å². The molecule has 0 radical (unpaired) electrons. The highest BCUT2D eigenvalue weighted by Crippen LogP contribution is 2.37. The Morgan fingerprint density at radius 2 is 1.05 bits per heavy atom. The van der Waals surface area contributed by atoms with Crippen LogP contribution in [0.2, 0.25) is 0 Å². The van der Waals surface area contributed by atoms with Crippen LogP contribution in [0.3, 0.4) is 0 Å². The third-order valence-corrected chi connectivity index (χ3v) is 9.33. The molecular formula is C37H43Cl3N2O19. The van der Waals surface area contributed by atoms with Gasteiger partial charge in [0.25, 0.3) is 15.6 Å². The Hall–Kier alpha value is -4.64. The summed E-state index contributed by atoms with van der Waals surface area (Å²) in [6, 6.07) is 4.32. The summed E-state index contributed by atoms with van der Waals surface area (Å²) in [7, 11) is 0. The van der Waals surface area contributed by atoms with Crippen LogP contribution in [0.1, 0.15) is 68.7 Å². The molecule has 3 heterocycles. The van der Waals surface area contributed by atoms with E-state index in [2.05, 4.69) is 0 Å². The smallest absolute Gasteiger partial charge is 0.303 e. The molecule has 1 aromatic carbocycles. The molecule has 1 N–H and O–H groups in total. The fraction of sp³-hybridized carbons (Fsp3) is 0.595. The van der Waals surface area contributed by atoms with Crippen LogP contribution in [0.15, 0.2) is 24.3 Å². The van der Waals surface area contributed by atoms with Gasteiger partial charge in [-0.25, -0.2) is 0 Å². The maximum absolute atomic E-state index is 13.8. The maximum atomic E-state index is 13.8. The van der Waals surface area contributed by atoms with Crippen LogP contribution in [0.25, 0.3) is 0 Å². The zero-order valence-electron chi connectivity index (χ0n) is 33.5. The van der Waals surface area contributed by atoms with E-state index >= 15 is 0 Å². The molecule has 4 rings (SSSR count). The molecule has 0 spiro atoms. The van der Waals surface area contributed by atoms with Gasteiger partial charge in [0.1, 0.15) is 37.6 Å². The van der Waals surface area contributed by atoms with Crippen LogP contribution in [-0.4, -0.2) is 150 Å². The van der Waals surface area contributed by atoms with Crippen molar-refractivity contribution in [3.05, 3.63) is 35.4 Å². The van der Waals surface area contributed by atoms with Gasteiger partial charge in [-0.1, -0.05) is 46.9 Å². The molecule has 21 nitrogen and oxygen atoms in total. The van der Waals surface area contributed by atoms with Crippen LogP contribution in [0.5, 0.6) is 0 Å². The second-order valence-electron chi connectivity index (χ2n) is 13.5. The minimum atomic E-state index is -2.40. The number of carbonyl (C=O) groups is 8. The normalized spacial score (nSPS) is 27.3. The van der Waals surface area contributed by atoms with Crippen LogP contribution in [0, 0.1) is 5.41 Å². The lowest BCUT2D eigenvalue weighted by Gasteiger charge is -2.47. The average Bonchev–Trinajstić information content (AvgIpc) is 3.40. The lowest BCUT2D eigenvalue weighted by Crippen LogP contribution is -2.67. The highest BCUT2D eigenvalue weighted by Gasteiger charge is 2.58. The van der Waals surface area contributed by atoms with Crippen LogP contribution >= 0.6 is 34.8 Å². The second kappa shape index (κ2) is 21.4. The molecular weight excluding hydrogens is 883 g/mol. The van der Waals surface area contributed by atoms with Crippen LogP contribution in [0.4, 0.5) is 0 Å². The fourth-order valence-electron chi connectivity index (χ4n) is 6.58. The van der Waals surface area contributed by atoms with Crippen molar-refractivity contribution < 1.29 is 90.5 Å². The van der Waals surface area contributed by atoms with Crippen molar-refractivity contribution in [1.82, 2.24) is 4.90 Å². The summed E-state index contributed by atoms with van der Waals surface area (Å²) in [5, 5.41) is 8.05. The Bertz CT molecular complexity index is 1820. The number of carbonyl (C=O) groups excluding carboxylic acids is 8. The first kappa shape index (κ1) is 49.0. The van der Waals surface area contributed by atoms with Crippen molar-refractivity contribution in [2.75, 3.05) is 26.4 Å². The van der Waals surface area contributed by atoms with Crippen molar-refractivity contribution in [2.45, 2.75) is 113 Å². The fourth-order valence-corrected chi connectivity index (χ4v) is 6.72. The molecule has 0 bridgehead atoms. The van der Waals surface area contributed by atoms with Crippen molar-refractivity contribution in [3.63, 3.8) is 0 Å². The molecule has 1 unspecified atom stereocenters. The first-order chi connectivity index (χ1) is 28.6. The number of nitrogens with zero attached hydrogens (tertiary/aromatic N) is 1. The van der Waals surface area contributed by atoms with E-state index in [4.69, 9.17) is 92.3 Å². The number of alkyl halides is 3. The van der Waals surface area contributed by atoms with Crippen molar-refractivity contribution in [2.24, 2.45) is 0 Å². The number of imide groups is 1. The quantitative estimate of drug-likeness (QED) is 0.0473. The zero-order valence-corrected chi connectivity index (χ0v) is 35.7. The number of benzene rings is 1. The molecule has 2 amide bonds. The lowest BCUT2D eigenvalue weighted by molar-refractivity contribution is -0.298. The number of nitrogens with one attached hydrogen (secondary N) is 1. The Morgan fingerprint density at radius 1 is 0.607 bits per heavy atom. The molecule has 336 valence electrons. The molecule has 3 aliphatic rings. The van der Waals surface area contributed by atoms with Gasteiger partial charge >= 0.3 is 35.8 Å². The third kappa shape index (κ3) is 12.9. The molecule has 0 aromatic heterocycles. The Balaban J connectivity index is 1.64. The van der Waals surface area contributed by atoms with Gasteiger partial charge in [-0.15, -0.1) is 0 Å². The summed E-state index contributed by atoms with van der Waals surface area (Å²) in [4.78, 5) is 102. The van der Waals surface area contributed by atoms with Gasteiger partial charge in [-0.05, 0) is 18.6 Å². The number of amides is 2. The summed E-state index contributed by atoms with van der Waals surface area (Å²) in [6.07, 6.45) is -13.8. The molecule has 0 aliphatic carbocycles.